The van der Waals surface area contributed by atoms with Crippen molar-refractivity contribution in [3.05, 3.63) is 58.6 Å². The molecule has 0 saturated carbocycles. The Labute approximate surface area is 132 Å². The molecule has 0 aromatic heterocycles. The first kappa shape index (κ1) is 15.4. The van der Waals surface area contributed by atoms with E-state index in [0.29, 0.717) is 24.5 Å². The third-order valence-corrected chi connectivity index (χ3v) is 3.35. The summed E-state index contributed by atoms with van der Waals surface area (Å²) in [6.07, 6.45) is 0. The molecule has 0 unspecified atom stereocenters. The Kier molecular flexibility index (Phi) is 5.63. The predicted molar refractivity (Wildman–Crippen MR) is 85.0 cm³/mol. The number of halogens is 1. The van der Waals surface area contributed by atoms with Crippen LogP contribution in [-0.2, 0) is 0 Å². The average molecular weight is 350 g/mol. The highest BCUT2D eigenvalue weighted by atomic mass is 79.9. The molecule has 4 nitrogen and oxygen atoms in total. The fourth-order valence-corrected chi connectivity index (χ4v) is 2.06. The second-order valence-electron chi connectivity index (χ2n) is 4.26. The van der Waals surface area contributed by atoms with E-state index >= 15 is 0 Å². The van der Waals surface area contributed by atoms with E-state index in [9.17, 15) is 4.79 Å². The summed E-state index contributed by atoms with van der Waals surface area (Å²) >= 11 is 3.36. The van der Waals surface area contributed by atoms with Gasteiger partial charge in [0.2, 0.25) is 0 Å². The molecule has 2 aromatic rings. The maximum absolute atomic E-state index is 12.0. The van der Waals surface area contributed by atoms with Crippen LogP contribution in [-0.4, -0.2) is 26.2 Å². The van der Waals surface area contributed by atoms with Gasteiger partial charge in [-0.05, 0) is 36.4 Å². The SMILES string of the molecule is COc1ccccc1C(=O)NCCOc1ccc(Br)cc1. The van der Waals surface area contributed by atoms with Gasteiger partial charge >= 0.3 is 0 Å². The van der Waals surface area contributed by atoms with Crippen molar-refractivity contribution in [2.75, 3.05) is 20.3 Å². The summed E-state index contributed by atoms with van der Waals surface area (Å²) in [6, 6.07) is 14.7. The molecule has 2 aromatic carbocycles. The molecule has 21 heavy (non-hydrogen) atoms. The number of para-hydroxylation sites is 1. The Morgan fingerprint density at radius 2 is 1.86 bits per heavy atom. The van der Waals surface area contributed by atoms with Gasteiger partial charge in [-0.1, -0.05) is 28.1 Å². The molecule has 0 aliphatic heterocycles. The van der Waals surface area contributed by atoms with Crippen LogP contribution in [0.25, 0.3) is 0 Å². The Hall–Kier alpha value is -2.01. The number of hydrogen-bond donors (Lipinski definition) is 1. The molecule has 0 atom stereocenters. The van der Waals surface area contributed by atoms with Crippen LogP contribution in [0.4, 0.5) is 0 Å². The Morgan fingerprint density at radius 1 is 1.14 bits per heavy atom. The van der Waals surface area contributed by atoms with E-state index in [0.717, 1.165) is 10.2 Å². The lowest BCUT2D eigenvalue weighted by atomic mass is 10.2. The summed E-state index contributed by atoms with van der Waals surface area (Å²) in [6.45, 7) is 0.829. The molecule has 0 aliphatic carbocycles. The third kappa shape index (κ3) is 4.49. The van der Waals surface area contributed by atoms with E-state index in [4.69, 9.17) is 9.47 Å². The van der Waals surface area contributed by atoms with Crippen molar-refractivity contribution in [1.82, 2.24) is 5.32 Å². The van der Waals surface area contributed by atoms with Crippen LogP contribution >= 0.6 is 15.9 Å². The van der Waals surface area contributed by atoms with E-state index in [1.54, 1.807) is 25.3 Å². The van der Waals surface area contributed by atoms with Gasteiger partial charge in [-0.2, -0.15) is 0 Å². The molecule has 110 valence electrons. The number of ether oxygens (including phenoxy) is 2. The van der Waals surface area contributed by atoms with Crippen molar-refractivity contribution in [1.29, 1.82) is 0 Å². The van der Waals surface area contributed by atoms with E-state index in [-0.39, 0.29) is 5.91 Å². The highest BCUT2D eigenvalue weighted by Crippen LogP contribution is 2.17. The van der Waals surface area contributed by atoms with Gasteiger partial charge in [0.05, 0.1) is 19.2 Å². The fourth-order valence-electron chi connectivity index (χ4n) is 1.79. The topological polar surface area (TPSA) is 47.6 Å². The summed E-state index contributed by atoms with van der Waals surface area (Å²) < 4.78 is 11.7. The lowest BCUT2D eigenvalue weighted by Crippen LogP contribution is -2.28. The minimum absolute atomic E-state index is 0.174. The smallest absolute Gasteiger partial charge is 0.255 e. The fraction of sp³-hybridized carbons (Fsp3) is 0.188. The minimum Gasteiger partial charge on any atom is -0.496 e. The number of amides is 1. The molecule has 0 saturated heterocycles. The van der Waals surface area contributed by atoms with E-state index < -0.39 is 0 Å². The number of methoxy groups -OCH3 is 1. The summed E-state index contributed by atoms with van der Waals surface area (Å²) in [5.41, 5.74) is 0.517. The van der Waals surface area contributed by atoms with Crippen LogP contribution in [0.5, 0.6) is 11.5 Å². The molecule has 0 bridgehead atoms. The van der Waals surface area contributed by atoms with Crippen molar-refractivity contribution >= 4 is 21.8 Å². The number of rotatable bonds is 6. The average Bonchev–Trinajstić information content (AvgIpc) is 2.53. The highest BCUT2D eigenvalue weighted by molar-refractivity contribution is 9.10. The van der Waals surface area contributed by atoms with Crippen LogP contribution in [0.1, 0.15) is 10.4 Å². The summed E-state index contributed by atoms with van der Waals surface area (Å²) in [7, 11) is 1.54. The monoisotopic (exact) mass is 349 g/mol. The Bertz CT molecular complexity index is 599. The van der Waals surface area contributed by atoms with Gasteiger partial charge in [-0.3, -0.25) is 4.79 Å². The zero-order valence-electron chi connectivity index (χ0n) is 11.6. The lowest BCUT2D eigenvalue weighted by Gasteiger charge is -2.10. The van der Waals surface area contributed by atoms with Crippen LogP contribution in [0.15, 0.2) is 53.0 Å². The maximum Gasteiger partial charge on any atom is 0.255 e. The largest absolute Gasteiger partial charge is 0.496 e. The standard InChI is InChI=1S/C16H16BrNO3/c1-20-15-5-3-2-4-14(15)16(19)18-10-11-21-13-8-6-12(17)7-9-13/h2-9H,10-11H2,1H3,(H,18,19). The summed E-state index contributed by atoms with van der Waals surface area (Å²) in [5, 5.41) is 2.80. The molecular formula is C16H16BrNO3. The first-order valence-electron chi connectivity index (χ1n) is 6.50. The van der Waals surface area contributed by atoms with Gasteiger partial charge in [0.25, 0.3) is 5.91 Å². The Morgan fingerprint density at radius 3 is 2.57 bits per heavy atom. The number of benzene rings is 2. The number of nitrogens with one attached hydrogen (secondary N) is 1. The van der Waals surface area contributed by atoms with Crippen molar-refractivity contribution in [3.63, 3.8) is 0 Å². The van der Waals surface area contributed by atoms with Crippen LogP contribution < -0.4 is 14.8 Å². The van der Waals surface area contributed by atoms with Gasteiger partial charge in [0.1, 0.15) is 18.1 Å². The molecule has 0 fully saturated rings. The molecule has 1 amide bonds. The second-order valence-corrected chi connectivity index (χ2v) is 5.17. The maximum atomic E-state index is 12.0. The normalized spacial score (nSPS) is 10.0. The van der Waals surface area contributed by atoms with Crippen molar-refractivity contribution in [2.45, 2.75) is 0 Å². The first-order chi connectivity index (χ1) is 10.2. The van der Waals surface area contributed by atoms with E-state index in [1.165, 1.54) is 0 Å². The molecule has 0 radical (unpaired) electrons. The minimum atomic E-state index is -0.174. The molecule has 0 spiro atoms. The molecule has 2 rings (SSSR count). The van der Waals surface area contributed by atoms with Gasteiger partial charge < -0.3 is 14.8 Å². The van der Waals surface area contributed by atoms with Gasteiger partial charge in [0.15, 0.2) is 0 Å². The van der Waals surface area contributed by atoms with E-state index in [1.807, 2.05) is 30.3 Å². The molecule has 0 aliphatic rings. The van der Waals surface area contributed by atoms with Gasteiger partial charge in [0, 0.05) is 4.47 Å². The third-order valence-electron chi connectivity index (χ3n) is 2.82. The van der Waals surface area contributed by atoms with Crippen molar-refractivity contribution in [2.24, 2.45) is 0 Å². The highest BCUT2D eigenvalue weighted by Gasteiger charge is 2.10. The molecule has 5 heteroatoms. The predicted octanol–water partition coefficient (Wildman–Crippen LogP) is 3.27. The first-order valence-corrected chi connectivity index (χ1v) is 7.29. The second kappa shape index (κ2) is 7.69. The van der Waals surface area contributed by atoms with Gasteiger partial charge in [-0.25, -0.2) is 0 Å². The van der Waals surface area contributed by atoms with Gasteiger partial charge in [-0.15, -0.1) is 0 Å². The molecule has 1 N–H and O–H groups in total. The van der Waals surface area contributed by atoms with Crippen LogP contribution in [0.3, 0.4) is 0 Å². The zero-order valence-corrected chi connectivity index (χ0v) is 13.2. The zero-order chi connectivity index (χ0) is 15.1. The summed E-state index contributed by atoms with van der Waals surface area (Å²) in [4.78, 5) is 12.0. The lowest BCUT2D eigenvalue weighted by molar-refractivity contribution is 0.0944. The van der Waals surface area contributed by atoms with Crippen molar-refractivity contribution < 1.29 is 14.3 Å². The number of carbonyl (C=O) groups excluding carboxylic acids is 1. The van der Waals surface area contributed by atoms with E-state index in [2.05, 4.69) is 21.2 Å². The quantitative estimate of drug-likeness (QED) is 0.814. The summed E-state index contributed by atoms with van der Waals surface area (Å²) in [5.74, 6) is 1.15. The van der Waals surface area contributed by atoms with Crippen LogP contribution in [0, 0.1) is 0 Å². The Balaban J connectivity index is 1.80. The molecular weight excluding hydrogens is 334 g/mol. The number of carbonyl (C=O) groups is 1. The number of hydrogen-bond acceptors (Lipinski definition) is 3. The van der Waals surface area contributed by atoms with Crippen LogP contribution in [0.2, 0.25) is 0 Å². The van der Waals surface area contributed by atoms with Crippen molar-refractivity contribution in [3.8, 4) is 11.5 Å². The molecule has 0 heterocycles.